The van der Waals surface area contributed by atoms with Crippen LogP contribution in [0.25, 0.3) is 23.1 Å². The summed E-state index contributed by atoms with van der Waals surface area (Å²) in [6.07, 6.45) is 1.37. The molecule has 0 aliphatic carbocycles. The van der Waals surface area contributed by atoms with Crippen molar-refractivity contribution < 1.29 is 4.52 Å². The summed E-state index contributed by atoms with van der Waals surface area (Å²) in [5, 5.41) is 10.7. The highest BCUT2D eigenvalue weighted by Crippen LogP contribution is 2.30. The summed E-state index contributed by atoms with van der Waals surface area (Å²) in [7, 11) is 0. The van der Waals surface area contributed by atoms with E-state index in [-0.39, 0.29) is 0 Å². The van der Waals surface area contributed by atoms with Gasteiger partial charge in [-0.25, -0.2) is 4.98 Å². The van der Waals surface area contributed by atoms with Crippen LogP contribution < -0.4 is 0 Å². The van der Waals surface area contributed by atoms with Crippen molar-refractivity contribution in [2.45, 2.75) is 0 Å². The second-order valence-corrected chi connectivity index (χ2v) is 4.70. The highest BCUT2D eigenvalue weighted by atomic mass is 79.9. The van der Waals surface area contributed by atoms with Gasteiger partial charge in [0, 0.05) is 4.47 Å². The molecule has 0 aliphatic heterocycles. The van der Waals surface area contributed by atoms with E-state index < -0.39 is 0 Å². The molecule has 0 saturated carbocycles. The Morgan fingerprint density at radius 2 is 2.22 bits per heavy atom. The van der Waals surface area contributed by atoms with Crippen molar-refractivity contribution in [3.05, 3.63) is 34.0 Å². The zero-order valence-electron chi connectivity index (χ0n) is 8.76. The molecule has 0 spiro atoms. The minimum atomic E-state index is 0.332. The monoisotopic (exact) mass is 325 g/mol. The number of benzene rings is 1. The highest BCUT2D eigenvalue weighted by molar-refractivity contribution is 9.10. The minimum Gasteiger partial charge on any atom is -0.333 e. The molecular weight excluding hydrogens is 322 g/mol. The number of nitrogens with zero attached hydrogens (tertiary/aromatic N) is 4. The van der Waals surface area contributed by atoms with Crippen LogP contribution in [0.3, 0.4) is 0 Å². The second-order valence-electron chi connectivity index (χ2n) is 3.38. The van der Waals surface area contributed by atoms with Gasteiger partial charge < -0.3 is 4.52 Å². The molecule has 2 aromatic heterocycles. The number of hydrogen-bond acceptors (Lipinski definition) is 5. The molecule has 0 unspecified atom stereocenters. The van der Waals surface area contributed by atoms with Crippen molar-refractivity contribution in [2.75, 3.05) is 0 Å². The van der Waals surface area contributed by atoms with E-state index in [1.54, 1.807) is 12.1 Å². The quantitative estimate of drug-likeness (QED) is 0.783. The summed E-state index contributed by atoms with van der Waals surface area (Å²) in [6, 6.07) is 5.40. The van der Waals surface area contributed by atoms with Crippen LogP contribution in [0.2, 0.25) is 5.02 Å². The SMILES string of the molecule is Clc1cc(Br)ccc1-c1nc(-c2ncn[nH]2)no1. The number of rotatable bonds is 2. The van der Waals surface area contributed by atoms with Crippen molar-refractivity contribution in [1.82, 2.24) is 25.3 Å². The van der Waals surface area contributed by atoms with Gasteiger partial charge in [0.05, 0.1) is 10.6 Å². The lowest BCUT2D eigenvalue weighted by Gasteiger charge is -1.98. The molecule has 2 heterocycles. The maximum atomic E-state index is 6.10. The van der Waals surface area contributed by atoms with E-state index in [0.717, 1.165) is 4.47 Å². The van der Waals surface area contributed by atoms with Crippen LogP contribution in [0.4, 0.5) is 0 Å². The molecule has 0 radical (unpaired) electrons. The number of aromatic amines is 1. The molecular formula is C10H5BrClN5O. The molecule has 0 amide bonds. The minimum absolute atomic E-state index is 0.332. The van der Waals surface area contributed by atoms with Crippen molar-refractivity contribution in [3.8, 4) is 23.1 Å². The Bertz CT molecular complexity index is 681. The van der Waals surface area contributed by atoms with Gasteiger partial charge >= 0.3 is 0 Å². The summed E-state index contributed by atoms with van der Waals surface area (Å²) in [6.45, 7) is 0. The molecule has 3 aromatic rings. The first-order valence-electron chi connectivity index (χ1n) is 4.89. The Morgan fingerprint density at radius 1 is 1.33 bits per heavy atom. The standard InChI is InChI=1S/C10H5BrClN5O/c11-5-1-2-6(7(12)3-5)10-15-9(17-18-10)8-13-4-14-16-8/h1-4H,(H,13,14,16). The van der Waals surface area contributed by atoms with E-state index in [2.05, 4.69) is 41.3 Å². The Morgan fingerprint density at radius 3 is 2.94 bits per heavy atom. The first-order chi connectivity index (χ1) is 8.74. The van der Waals surface area contributed by atoms with Crippen molar-refractivity contribution in [3.63, 3.8) is 0 Å². The van der Waals surface area contributed by atoms with Crippen LogP contribution in [0.15, 0.2) is 33.5 Å². The van der Waals surface area contributed by atoms with Gasteiger partial charge in [0.2, 0.25) is 5.82 Å². The predicted octanol–water partition coefficient (Wildman–Crippen LogP) is 2.94. The summed E-state index contributed by atoms with van der Waals surface area (Å²) in [5.41, 5.74) is 0.665. The topological polar surface area (TPSA) is 80.5 Å². The maximum absolute atomic E-state index is 6.10. The lowest BCUT2D eigenvalue weighted by molar-refractivity contribution is 0.432. The first-order valence-corrected chi connectivity index (χ1v) is 6.06. The summed E-state index contributed by atoms with van der Waals surface area (Å²) in [5.74, 6) is 1.11. The smallest absolute Gasteiger partial charge is 0.259 e. The third-order valence-corrected chi connectivity index (χ3v) is 3.02. The molecule has 90 valence electrons. The van der Waals surface area contributed by atoms with Crippen molar-refractivity contribution >= 4 is 27.5 Å². The molecule has 0 saturated heterocycles. The van der Waals surface area contributed by atoms with Gasteiger partial charge in [-0.1, -0.05) is 32.7 Å². The third-order valence-electron chi connectivity index (χ3n) is 2.21. The van der Waals surface area contributed by atoms with Gasteiger partial charge in [0.25, 0.3) is 5.89 Å². The molecule has 0 aliphatic rings. The van der Waals surface area contributed by atoms with Crippen LogP contribution in [0.5, 0.6) is 0 Å². The number of H-pyrrole nitrogens is 1. The lowest BCUT2D eigenvalue weighted by atomic mass is 10.2. The predicted molar refractivity (Wildman–Crippen MR) is 67.8 cm³/mol. The second kappa shape index (κ2) is 4.51. The number of nitrogens with one attached hydrogen (secondary N) is 1. The van der Waals surface area contributed by atoms with E-state index in [4.69, 9.17) is 16.1 Å². The lowest BCUT2D eigenvalue weighted by Crippen LogP contribution is -1.84. The Kier molecular flexibility index (Phi) is 2.85. The van der Waals surface area contributed by atoms with Crippen LogP contribution in [0.1, 0.15) is 0 Å². The van der Waals surface area contributed by atoms with Crippen LogP contribution in [0, 0.1) is 0 Å². The van der Waals surface area contributed by atoms with Gasteiger partial charge in [-0.2, -0.15) is 10.1 Å². The summed E-state index contributed by atoms with van der Waals surface area (Å²) < 4.78 is 6.03. The number of hydrogen-bond donors (Lipinski definition) is 1. The largest absolute Gasteiger partial charge is 0.333 e. The van der Waals surface area contributed by atoms with E-state index in [1.165, 1.54) is 6.33 Å². The number of aromatic nitrogens is 5. The Labute approximate surface area is 115 Å². The van der Waals surface area contributed by atoms with Crippen LogP contribution in [-0.4, -0.2) is 25.3 Å². The van der Waals surface area contributed by atoms with Crippen LogP contribution in [-0.2, 0) is 0 Å². The highest BCUT2D eigenvalue weighted by Gasteiger charge is 2.14. The zero-order valence-corrected chi connectivity index (χ0v) is 11.1. The van der Waals surface area contributed by atoms with E-state index in [9.17, 15) is 0 Å². The average molecular weight is 327 g/mol. The van der Waals surface area contributed by atoms with Gasteiger partial charge in [-0.05, 0) is 18.2 Å². The maximum Gasteiger partial charge on any atom is 0.259 e. The third kappa shape index (κ3) is 2.02. The average Bonchev–Trinajstić information content (AvgIpc) is 2.99. The fourth-order valence-electron chi connectivity index (χ4n) is 1.41. The summed E-state index contributed by atoms with van der Waals surface area (Å²) >= 11 is 9.44. The molecule has 6 nitrogen and oxygen atoms in total. The van der Waals surface area contributed by atoms with Gasteiger partial charge in [0.15, 0.2) is 5.82 Å². The Hall–Kier alpha value is -1.73. The van der Waals surface area contributed by atoms with E-state index in [0.29, 0.717) is 28.1 Å². The molecule has 18 heavy (non-hydrogen) atoms. The van der Waals surface area contributed by atoms with Crippen LogP contribution >= 0.6 is 27.5 Å². The normalized spacial score (nSPS) is 10.8. The molecule has 1 N–H and O–H groups in total. The fourth-order valence-corrected chi connectivity index (χ4v) is 2.16. The van der Waals surface area contributed by atoms with E-state index >= 15 is 0 Å². The Balaban J connectivity index is 2.03. The van der Waals surface area contributed by atoms with Crippen molar-refractivity contribution in [2.24, 2.45) is 0 Å². The fraction of sp³-hybridized carbons (Fsp3) is 0. The van der Waals surface area contributed by atoms with Gasteiger partial charge in [0.1, 0.15) is 6.33 Å². The number of halogens is 2. The molecule has 0 atom stereocenters. The molecule has 8 heteroatoms. The zero-order chi connectivity index (χ0) is 12.5. The first kappa shape index (κ1) is 11.4. The molecule has 0 fully saturated rings. The summed E-state index contributed by atoms with van der Waals surface area (Å²) in [4.78, 5) is 8.14. The van der Waals surface area contributed by atoms with Crippen molar-refractivity contribution in [1.29, 1.82) is 0 Å². The van der Waals surface area contributed by atoms with Gasteiger partial charge in [-0.3, -0.25) is 5.10 Å². The molecule has 1 aromatic carbocycles. The van der Waals surface area contributed by atoms with Gasteiger partial charge in [-0.15, -0.1) is 0 Å². The van der Waals surface area contributed by atoms with E-state index in [1.807, 2.05) is 6.07 Å². The molecule has 0 bridgehead atoms. The molecule has 3 rings (SSSR count).